The minimum absolute atomic E-state index is 0.0950. The second-order valence-corrected chi connectivity index (χ2v) is 8.14. The third kappa shape index (κ3) is 4.62. The van der Waals surface area contributed by atoms with Gasteiger partial charge in [-0.3, -0.25) is 14.7 Å². The number of amides is 1. The van der Waals surface area contributed by atoms with E-state index in [1.807, 2.05) is 30.3 Å². The Morgan fingerprint density at radius 2 is 2.20 bits per heavy atom. The number of benzene rings is 1. The lowest BCUT2D eigenvalue weighted by Gasteiger charge is -2.38. The fourth-order valence-electron chi connectivity index (χ4n) is 4.24. The van der Waals surface area contributed by atoms with Crippen molar-refractivity contribution in [2.75, 3.05) is 27.2 Å². The van der Waals surface area contributed by atoms with Gasteiger partial charge < -0.3 is 14.5 Å². The quantitative estimate of drug-likeness (QED) is 0.735. The summed E-state index contributed by atoms with van der Waals surface area (Å²) < 4.78 is 5.33. The average molecular weight is 409 g/mol. The van der Waals surface area contributed by atoms with Crippen molar-refractivity contribution in [2.45, 2.75) is 38.0 Å². The number of piperidine rings is 1. The van der Waals surface area contributed by atoms with Gasteiger partial charge in [0, 0.05) is 32.8 Å². The molecular formula is C23H28N4O3. The molecule has 0 radical (unpaired) electrons. The number of hydrogen-bond acceptors (Lipinski definition) is 6. The highest BCUT2D eigenvalue weighted by atomic mass is 16.7. The lowest BCUT2D eigenvalue weighted by Crippen LogP contribution is -2.48. The number of carbonyl (C=O) groups excluding carboxylic acids is 1. The van der Waals surface area contributed by atoms with Gasteiger partial charge in [0.05, 0.1) is 19.3 Å². The van der Waals surface area contributed by atoms with Crippen LogP contribution in [-0.4, -0.2) is 59.3 Å². The molecule has 1 atom stereocenters. The molecule has 0 bridgehead atoms. The molecule has 2 aliphatic heterocycles. The summed E-state index contributed by atoms with van der Waals surface area (Å²) in [5.41, 5.74) is 2.14. The number of rotatable bonds is 6. The molecule has 0 N–H and O–H groups in total. The minimum Gasteiger partial charge on any atom is -0.497 e. The van der Waals surface area contributed by atoms with Crippen molar-refractivity contribution in [1.82, 2.24) is 14.8 Å². The highest BCUT2D eigenvalue weighted by Crippen LogP contribution is 2.34. The molecule has 1 unspecified atom stereocenters. The molecule has 1 saturated heterocycles. The Balaban J connectivity index is 1.36. The third-order valence-corrected chi connectivity index (χ3v) is 5.72. The molecule has 2 aromatic rings. The van der Waals surface area contributed by atoms with Crippen molar-refractivity contribution in [3.8, 4) is 5.75 Å². The molecule has 1 spiro atoms. The lowest BCUT2D eigenvalue weighted by atomic mass is 9.87. The van der Waals surface area contributed by atoms with Crippen LogP contribution in [0, 0.1) is 0 Å². The van der Waals surface area contributed by atoms with E-state index in [0.29, 0.717) is 18.7 Å². The lowest BCUT2D eigenvalue weighted by molar-refractivity contribution is -0.123. The van der Waals surface area contributed by atoms with Gasteiger partial charge in [0.15, 0.2) is 5.60 Å². The molecule has 0 aliphatic carbocycles. The normalized spacial score (nSPS) is 21.2. The van der Waals surface area contributed by atoms with E-state index in [1.165, 1.54) is 5.56 Å². The number of likely N-dealkylation sites (tertiary alicyclic amines) is 1. The first-order valence-corrected chi connectivity index (χ1v) is 10.3. The second-order valence-electron chi connectivity index (χ2n) is 8.14. The van der Waals surface area contributed by atoms with Crippen molar-refractivity contribution in [2.24, 2.45) is 5.16 Å². The summed E-state index contributed by atoms with van der Waals surface area (Å²) >= 11 is 0. The molecule has 158 valence electrons. The summed E-state index contributed by atoms with van der Waals surface area (Å²) in [7, 11) is 3.46. The molecule has 2 aliphatic rings. The van der Waals surface area contributed by atoms with Gasteiger partial charge in [-0.05, 0) is 49.2 Å². The number of pyridine rings is 1. The molecule has 1 aromatic heterocycles. The Hall–Kier alpha value is -2.93. The first-order valence-electron chi connectivity index (χ1n) is 10.3. The maximum atomic E-state index is 12.9. The molecule has 7 heteroatoms. The fourth-order valence-corrected chi connectivity index (χ4v) is 4.24. The largest absolute Gasteiger partial charge is 0.497 e. The predicted octanol–water partition coefficient (Wildman–Crippen LogP) is 2.86. The first-order chi connectivity index (χ1) is 14.6. The number of hydrogen-bond donors (Lipinski definition) is 0. The summed E-state index contributed by atoms with van der Waals surface area (Å²) in [4.78, 5) is 27.1. The van der Waals surface area contributed by atoms with Gasteiger partial charge in [0.1, 0.15) is 11.5 Å². The van der Waals surface area contributed by atoms with E-state index < -0.39 is 5.60 Å². The molecule has 1 aromatic carbocycles. The van der Waals surface area contributed by atoms with Crippen molar-refractivity contribution in [1.29, 1.82) is 0 Å². The van der Waals surface area contributed by atoms with Gasteiger partial charge in [-0.15, -0.1) is 0 Å². The number of ether oxygens (including phenoxy) is 1. The smallest absolute Gasteiger partial charge is 0.271 e. The van der Waals surface area contributed by atoms with Crippen LogP contribution in [0.3, 0.4) is 0 Å². The van der Waals surface area contributed by atoms with Crippen molar-refractivity contribution in [3.63, 3.8) is 0 Å². The highest BCUT2D eigenvalue weighted by molar-refractivity contribution is 6.39. The van der Waals surface area contributed by atoms with E-state index in [2.05, 4.69) is 27.2 Å². The SMILES string of the molecule is COc1cccc(CN2CCCC3(CC(C(=O)N(C)Cc4ccccn4)=NO3)C2)c1. The minimum atomic E-state index is -0.409. The van der Waals surface area contributed by atoms with E-state index in [-0.39, 0.29) is 5.91 Å². The Morgan fingerprint density at radius 1 is 1.30 bits per heavy atom. The van der Waals surface area contributed by atoms with Crippen LogP contribution in [0.4, 0.5) is 0 Å². The van der Waals surface area contributed by atoms with Crippen LogP contribution in [0.2, 0.25) is 0 Å². The van der Waals surface area contributed by atoms with Crippen LogP contribution < -0.4 is 4.74 Å². The molecule has 1 amide bonds. The van der Waals surface area contributed by atoms with Crippen LogP contribution in [0.25, 0.3) is 0 Å². The molecule has 1 fully saturated rings. The van der Waals surface area contributed by atoms with Crippen molar-refractivity contribution in [3.05, 3.63) is 59.9 Å². The van der Waals surface area contributed by atoms with Crippen LogP contribution in [-0.2, 0) is 22.7 Å². The molecular weight excluding hydrogens is 380 g/mol. The molecule has 7 nitrogen and oxygen atoms in total. The van der Waals surface area contributed by atoms with Gasteiger partial charge in [0.25, 0.3) is 5.91 Å². The number of aromatic nitrogens is 1. The molecule has 3 heterocycles. The zero-order valence-corrected chi connectivity index (χ0v) is 17.6. The summed E-state index contributed by atoms with van der Waals surface area (Å²) in [5.74, 6) is 0.769. The van der Waals surface area contributed by atoms with Crippen molar-refractivity contribution >= 4 is 11.6 Å². The van der Waals surface area contributed by atoms with Crippen LogP contribution in [0.1, 0.15) is 30.5 Å². The number of carbonyl (C=O) groups is 1. The van der Waals surface area contributed by atoms with Gasteiger partial charge in [0.2, 0.25) is 0 Å². The molecule has 4 rings (SSSR count). The van der Waals surface area contributed by atoms with Gasteiger partial charge in [-0.25, -0.2) is 0 Å². The Kier molecular flexibility index (Phi) is 5.99. The number of oxime groups is 1. The van der Waals surface area contributed by atoms with Crippen molar-refractivity contribution < 1.29 is 14.4 Å². The van der Waals surface area contributed by atoms with Gasteiger partial charge in [-0.2, -0.15) is 0 Å². The third-order valence-electron chi connectivity index (χ3n) is 5.72. The van der Waals surface area contributed by atoms with Gasteiger partial charge in [-0.1, -0.05) is 23.4 Å². The van der Waals surface area contributed by atoms with E-state index in [9.17, 15) is 4.79 Å². The highest BCUT2D eigenvalue weighted by Gasteiger charge is 2.45. The maximum absolute atomic E-state index is 12.9. The Morgan fingerprint density at radius 3 is 3.00 bits per heavy atom. The average Bonchev–Trinajstić information content (AvgIpc) is 3.17. The van der Waals surface area contributed by atoms with Crippen LogP contribution in [0.5, 0.6) is 5.75 Å². The fraction of sp³-hybridized carbons (Fsp3) is 0.435. The predicted molar refractivity (Wildman–Crippen MR) is 114 cm³/mol. The van der Waals surface area contributed by atoms with E-state index in [1.54, 1.807) is 25.3 Å². The van der Waals surface area contributed by atoms with Crippen LogP contribution >= 0.6 is 0 Å². The van der Waals surface area contributed by atoms with E-state index in [0.717, 1.165) is 43.9 Å². The van der Waals surface area contributed by atoms with E-state index in [4.69, 9.17) is 9.57 Å². The van der Waals surface area contributed by atoms with E-state index >= 15 is 0 Å². The summed E-state index contributed by atoms with van der Waals surface area (Å²) in [6.07, 6.45) is 4.21. The van der Waals surface area contributed by atoms with Crippen LogP contribution in [0.15, 0.2) is 53.8 Å². The Labute approximate surface area is 177 Å². The monoisotopic (exact) mass is 408 g/mol. The summed E-state index contributed by atoms with van der Waals surface area (Å²) in [5, 5.41) is 4.20. The molecule has 30 heavy (non-hydrogen) atoms. The summed E-state index contributed by atoms with van der Waals surface area (Å²) in [6.45, 7) is 3.04. The second kappa shape index (κ2) is 8.83. The topological polar surface area (TPSA) is 67.3 Å². The van der Waals surface area contributed by atoms with Gasteiger partial charge >= 0.3 is 0 Å². The number of methoxy groups -OCH3 is 1. The zero-order valence-electron chi connectivity index (χ0n) is 17.6. The standard InChI is InChI=1S/C23H28N4O3/c1-26(16-19-8-3-4-11-24-19)22(28)21-14-23(30-25-21)10-6-12-27(17-23)15-18-7-5-9-20(13-18)29-2/h3-5,7-9,11,13H,6,10,12,14-17H2,1-2H3. The maximum Gasteiger partial charge on any atom is 0.271 e. The zero-order chi connectivity index (χ0) is 21.0. The summed E-state index contributed by atoms with van der Waals surface area (Å²) in [6, 6.07) is 13.8. The number of nitrogens with zero attached hydrogens (tertiary/aromatic N) is 4. The first kappa shape index (κ1) is 20.3. The molecule has 0 saturated carbocycles. The Bertz CT molecular complexity index is 918.